The van der Waals surface area contributed by atoms with Gasteiger partial charge in [-0.1, -0.05) is 109 Å². The highest BCUT2D eigenvalue weighted by Crippen LogP contribution is 2.45. The molecule has 0 aliphatic heterocycles. The lowest BCUT2D eigenvalue weighted by Crippen LogP contribution is -2.05. The molecule has 0 aliphatic rings. The second kappa shape index (κ2) is 10.8. The SMILES string of the molecule is c1ccc2nc(-n3c4ccccc4c4ccc5c6ccccc6n(-c6nc7ccccc7nc6-c6cccc7c6sc6ccccc67)c5c43)cnc2c1. The molecule has 0 fully saturated rings. The van der Waals surface area contributed by atoms with E-state index in [9.17, 15) is 0 Å². The van der Waals surface area contributed by atoms with E-state index < -0.39 is 0 Å². The summed E-state index contributed by atoms with van der Waals surface area (Å²) in [4.78, 5) is 21.1. The van der Waals surface area contributed by atoms with E-state index in [1.54, 1.807) is 0 Å². The summed E-state index contributed by atoms with van der Waals surface area (Å²) in [5.41, 5.74) is 9.54. The lowest BCUT2D eigenvalue weighted by molar-refractivity contribution is 1.06. The number of benzene rings is 7. The van der Waals surface area contributed by atoms with Crippen molar-refractivity contribution >= 4 is 97.2 Å². The summed E-state index contributed by atoms with van der Waals surface area (Å²) in [5.74, 6) is 1.55. The smallest absolute Gasteiger partial charge is 0.165 e. The van der Waals surface area contributed by atoms with E-state index in [2.05, 4.69) is 124 Å². The maximum Gasteiger partial charge on any atom is 0.165 e. The van der Waals surface area contributed by atoms with Crippen LogP contribution in [0.4, 0.5) is 0 Å². The van der Waals surface area contributed by atoms with Gasteiger partial charge in [0.15, 0.2) is 11.6 Å². The second-order valence-corrected chi connectivity index (χ2v) is 14.5. The zero-order valence-electron chi connectivity index (χ0n) is 28.1. The van der Waals surface area contributed by atoms with Gasteiger partial charge in [-0.15, -0.1) is 11.3 Å². The van der Waals surface area contributed by atoms with Gasteiger partial charge < -0.3 is 0 Å². The van der Waals surface area contributed by atoms with Crippen molar-refractivity contribution in [2.24, 2.45) is 0 Å². The van der Waals surface area contributed by atoms with E-state index in [-0.39, 0.29) is 0 Å². The first-order valence-corrected chi connectivity index (χ1v) is 18.5. The van der Waals surface area contributed by atoms with Gasteiger partial charge in [-0.05, 0) is 42.5 Å². The van der Waals surface area contributed by atoms with Gasteiger partial charge >= 0.3 is 0 Å². The number of hydrogen-bond acceptors (Lipinski definition) is 5. The van der Waals surface area contributed by atoms with Crippen LogP contribution in [0.15, 0.2) is 158 Å². The molecule has 53 heavy (non-hydrogen) atoms. The molecule has 7 aromatic carbocycles. The van der Waals surface area contributed by atoms with E-state index in [0.717, 1.165) is 88.6 Å². The molecule has 0 radical (unpaired) electrons. The molecule has 0 amide bonds. The van der Waals surface area contributed by atoms with Gasteiger partial charge in [-0.25, -0.2) is 15.0 Å². The molecule has 5 aromatic heterocycles. The van der Waals surface area contributed by atoms with Gasteiger partial charge in [-0.3, -0.25) is 14.1 Å². The summed E-state index contributed by atoms with van der Waals surface area (Å²) >= 11 is 1.81. The molecule has 0 bridgehead atoms. The van der Waals surface area contributed by atoms with Crippen LogP contribution in [0.25, 0.3) is 109 Å². The number of nitrogens with zero attached hydrogens (tertiary/aromatic N) is 6. The van der Waals surface area contributed by atoms with E-state index >= 15 is 0 Å². The number of aromatic nitrogens is 6. The topological polar surface area (TPSA) is 61.4 Å². The lowest BCUT2D eigenvalue weighted by atomic mass is 10.1. The summed E-state index contributed by atoms with van der Waals surface area (Å²) in [6.45, 7) is 0. The van der Waals surface area contributed by atoms with Crippen LogP contribution in [0.3, 0.4) is 0 Å². The van der Waals surface area contributed by atoms with E-state index in [0.29, 0.717) is 0 Å². The highest BCUT2D eigenvalue weighted by Gasteiger charge is 2.25. The Kier molecular flexibility index (Phi) is 5.84. The summed E-state index contributed by atoms with van der Waals surface area (Å²) < 4.78 is 7.08. The minimum absolute atomic E-state index is 0.763. The fourth-order valence-corrected chi connectivity index (χ4v) is 9.49. The molecular formula is C46H26N6S. The highest BCUT2D eigenvalue weighted by molar-refractivity contribution is 7.26. The van der Waals surface area contributed by atoms with Crippen molar-refractivity contribution < 1.29 is 0 Å². The molecule has 0 saturated carbocycles. The zero-order valence-corrected chi connectivity index (χ0v) is 28.9. The van der Waals surface area contributed by atoms with Gasteiger partial charge in [0.05, 0.1) is 50.3 Å². The quantitative estimate of drug-likeness (QED) is 0.185. The Morgan fingerprint density at radius 3 is 1.74 bits per heavy atom. The van der Waals surface area contributed by atoms with Crippen molar-refractivity contribution in [3.05, 3.63) is 158 Å². The number of para-hydroxylation sites is 6. The molecular weight excluding hydrogens is 669 g/mol. The first-order valence-electron chi connectivity index (χ1n) is 17.7. The van der Waals surface area contributed by atoms with E-state index in [4.69, 9.17) is 19.9 Å². The molecule has 12 rings (SSSR count). The third kappa shape index (κ3) is 4.02. The Hall–Kier alpha value is -6.96. The molecule has 0 spiro atoms. The molecule has 12 aromatic rings. The monoisotopic (exact) mass is 694 g/mol. The number of fused-ring (bicyclic) bond motifs is 12. The van der Waals surface area contributed by atoms with Gasteiger partial charge in [-0.2, -0.15) is 0 Å². The summed E-state index contributed by atoms with van der Waals surface area (Å²) in [6.07, 6.45) is 1.89. The fraction of sp³-hybridized carbons (Fsp3) is 0. The van der Waals surface area contributed by atoms with Crippen molar-refractivity contribution in [2.45, 2.75) is 0 Å². The largest absolute Gasteiger partial charge is 0.290 e. The predicted molar refractivity (Wildman–Crippen MR) is 220 cm³/mol. The summed E-state index contributed by atoms with van der Waals surface area (Å²) in [5, 5.41) is 7.04. The molecule has 7 heteroatoms. The average molecular weight is 695 g/mol. The normalized spacial score (nSPS) is 12.2. The van der Waals surface area contributed by atoms with Crippen molar-refractivity contribution in [1.29, 1.82) is 0 Å². The molecule has 0 unspecified atom stereocenters. The van der Waals surface area contributed by atoms with E-state index in [1.165, 1.54) is 20.2 Å². The average Bonchev–Trinajstić information content (AvgIpc) is 3.88. The Labute approximate surface area is 305 Å². The molecule has 0 N–H and O–H groups in total. The summed E-state index contributed by atoms with van der Waals surface area (Å²) in [7, 11) is 0. The summed E-state index contributed by atoms with van der Waals surface area (Å²) in [6, 6.07) is 53.2. The first kappa shape index (κ1) is 28.7. The third-order valence-electron chi connectivity index (χ3n) is 10.6. The lowest BCUT2D eigenvalue weighted by Gasteiger charge is -2.15. The maximum atomic E-state index is 5.53. The van der Waals surface area contributed by atoms with Gasteiger partial charge in [0.2, 0.25) is 0 Å². The van der Waals surface area contributed by atoms with Crippen LogP contribution in [-0.2, 0) is 0 Å². The minimum atomic E-state index is 0.763. The third-order valence-corrected chi connectivity index (χ3v) is 11.8. The van der Waals surface area contributed by atoms with Crippen LogP contribution in [0.5, 0.6) is 0 Å². The van der Waals surface area contributed by atoms with Crippen molar-refractivity contribution in [1.82, 2.24) is 29.1 Å². The van der Waals surface area contributed by atoms with Crippen LogP contribution >= 0.6 is 11.3 Å². The fourth-order valence-electron chi connectivity index (χ4n) is 8.27. The maximum absolute atomic E-state index is 5.53. The molecule has 0 atom stereocenters. The Morgan fingerprint density at radius 1 is 0.415 bits per heavy atom. The van der Waals surface area contributed by atoms with Gasteiger partial charge in [0.25, 0.3) is 0 Å². The molecule has 0 aliphatic carbocycles. The number of thiophene rings is 1. The molecule has 0 saturated heterocycles. The van der Waals surface area contributed by atoms with Crippen LogP contribution in [-0.4, -0.2) is 29.1 Å². The molecule has 246 valence electrons. The Bertz CT molecular complexity index is 3480. The van der Waals surface area contributed by atoms with Gasteiger partial charge in [0, 0.05) is 47.3 Å². The number of hydrogen-bond donors (Lipinski definition) is 0. The van der Waals surface area contributed by atoms with Crippen LogP contribution in [0, 0.1) is 0 Å². The van der Waals surface area contributed by atoms with Crippen LogP contribution in [0.2, 0.25) is 0 Å². The molecule has 5 heterocycles. The van der Waals surface area contributed by atoms with E-state index in [1.807, 2.05) is 53.9 Å². The zero-order chi connectivity index (χ0) is 34.6. The van der Waals surface area contributed by atoms with Crippen molar-refractivity contribution in [3.8, 4) is 22.9 Å². The highest BCUT2D eigenvalue weighted by atomic mass is 32.1. The Balaban J connectivity index is 1.29. The standard InChI is InChI=1S/C46H26N6S/c1-8-21-38-27(12-1)30-24-25-31-28-13-2-9-22-39(28)52(44(31)43(30)51(38)41-26-47-34-17-4-5-18-35(34)48-41)46-42(49-36-19-6-7-20-37(36)50-46)33-16-11-15-32-29-14-3-10-23-40(29)53-45(32)33/h1-26H. The minimum Gasteiger partial charge on any atom is -0.290 e. The van der Waals surface area contributed by atoms with Gasteiger partial charge in [0.1, 0.15) is 5.69 Å². The number of rotatable bonds is 3. The second-order valence-electron chi connectivity index (χ2n) is 13.4. The van der Waals surface area contributed by atoms with Crippen LogP contribution < -0.4 is 0 Å². The van der Waals surface area contributed by atoms with Crippen molar-refractivity contribution in [2.75, 3.05) is 0 Å². The molecule has 6 nitrogen and oxygen atoms in total. The Morgan fingerprint density at radius 2 is 0.981 bits per heavy atom. The van der Waals surface area contributed by atoms with Crippen molar-refractivity contribution in [3.63, 3.8) is 0 Å². The first-order chi connectivity index (χ1) is 26.3. The van der Waals surface area contributed by atoms with Crippen LogP contribution in [0.1, 0.15) is 0 Å². The predicted octanol–water partition coefficient (Wildman–Crippen LogP) is 11.8.